The Labute approximate surface area is 102 Å². The van der Waals surface area contributed by atoms with Crippen LogP contribution in [0, 0.1) is 0 Å². The SMILES string of the molecule is CCc1cccc2cccc(C3=NC=CC3)c12. The summed E-state index contributed by atoms with van der Waals surface area (Å²) in [6.07, 6.45) is 6.04. The molecule has 1 aliphatic rings. The van der Waals surface area contributed by atoms with Gasteiger partial charge in [-0.2, -0.15) is 0 Å². The number of hydrogen-bond donors (Lipinski definition) is 0. The lowest BCUT2D eigenvalue weighted by Gasteiger charge is -2.10. The van der Waals surface area contributed by atoms with Gasteiger partial charge >= 0.3 is 0 Å². The monoisotopic (exact) mass is 221 g/mol. The third-order valence-corrected chi connectivity index (χ3v) is 3.33. The highest BCUT2D eigenvalue weighted by Crippen LogP contribution is 2.26. The van der Waals surface area contributed by atoms with Crippen LogP contribution in [0.4, 0.5) is 0 Å². The number of nitrogens with zero attached hydrogens (tertiary/aromatic N) is 1. The summed E-state index contributed by atoms with van der Waals surface area (Å²) in [6, 6.07) is 13.0. The second kappa shape index (κ2) is 4.17. The normalized spacial score (nSPS) is 14.3. The Kier molecular flexibility index (Phi) is 2.52. The van der Waals surface area contributed by atoms with E-state index in [2.05, 4.69) is 54.4 Å². The molecule has 0 spiro atoms. The van der Waals surface area contributed by atoms with Crippen molar-refractivity contribution in [2.75, 3.05) is 0 Å². The van der Waals surface area contributed by atoms with E-state index in [1.165, 1.54) is 27.6 Å². The molecule has 0 N–H and O–H groups in total. The van der Waals surface area contributed by atoms with Crippen LogP contribution in [-0.2, 0) is 6.42 Å². The molecular weight excluding hydrogens is 206 g/mol. The van der Waals surface area contributed by atoms with Crippen molar-refractivity contribution in [3.05, 3.63) is 59.8 Å². The average molecular weight is 221 g/mol. The van der Waals surface area contributed by atoms with Crippen molar-refractivity contribution >= 4 is 16.5 Å². The zero-order valence-electron chi connectivity index (χ0n) is 9.98. The van der Waals surface area contributed by atoms with Crippen LogP contribution in [0.2, 0.25) is 0 Å². The molecule has 84 valence electrons. The van der Waals surface area contributed by atoms with E-state index >= 15 is 0 Å². The quantitative estimate of drug-likeness (QED) is 0.723. The number of hydrogen-bond acceptors (Lipinski definition) is 1. The van der Waals surface area contributed by atoms with Crippen LogP contribution in [-0.4, -0.2) is 5.71 Å². The third kappa shape index (κ3) is 1.68. The predicted octanol–water partition coefficient (Wildman–Crippen LogP) is 4.11. The summed E-state index contributed by atoms with van der Waals surface area (Å²) in [7, 11) is 0. The molecule has 0 fully saturated rings. The highest BCUT2D eigenvalue weighted by Gasteiger charge is 2.11. The Bertz CT molecular complexity index is 615. The molecule has 0 aromatic heterocycles. The maximum absolute atomic E-state index is 4.47. The lowest BCUT2D eigenvalue weighted by Crippen LogP contribution is -1.99. The van der Waals surface area contributed by atoms with Crippen molar-refractivity contribution in [3.63, 3.8) is 0 Å². The van der Waals surface area contributed by atoms with Crippen molar-refractivity contribution in [2.45, 2.75) is 19.8 Å². The summed E-state index contributed by atoms with van der Waals surface area (Å²) >= 11 is 0. The lowest BCUT2D eigenvalue weighted by atomic mass is 9.94. The van der Waals surface area contributed by atoms with Crippen LogP contribution in [0.5, 0.6) is 0 Å². The van der Waals surface area contributed by atoms with Gasteiger partial charge in [0.2, 0.25) is 0 Å². The molecule has 0 bridgehead atoms. The molecule has 1 aliphatic heterocycles. The highest BCUT2D eigenvalue weighted by atomic mass is 14.7. The van der Waals surface area contributed by atoms with Gasteiger partial charge in [-0.05, 0) is 22.8 Å². The highest BCUT2D eigenvalue weighted by molar-refractivity contribution is 6.13. The molecule has 1 heterocycles. The Hall–Kier alpha value is -1.89. The average Bonchev–Trinajstić information content (AvgIpc) is 2.91. The minimum atomic E-state index is 0.956. The molecule has 2 aromatic carbocycles. The summed E-state index contributed by atoms with van der Waals surface area (Å²) in [5, 5.41) is 2.69. The van der Waals surface area contributed by atoms with Crippen LogP contribution in [0.3, 0.4) is 0 Å². The van der Waals surface area contributed by atoms with E-state index in [1.54, 1.807) is 0 Å². The molecule has 0 aliphatic carbocycles. The van der Waals surface area contributed by atoms with E-state index in [1.807, 2.05) is 6.20 Å². The van der Waals surface area contributed by atoms with Crippen LogP contribution >= 0.6 is 0 Å². The van der Waals surface area contributed by atoms with E-state index in [0.717, 1.165) is 12.8 Å². The Morgan fingerprint density at radius 3 is 2.65 bits per heavy atom. The largest absolute Gasteiger partial charge is 0.261 e. The maximum Gasteiger partial charge on any atom is 0.0520 e. The van der Waals surface area contributed by atoms with Crippen LogP contribution < -0.4 is 0 Å². The van der Waals surface area contributed by atoms with E-state index < -0.39 is 0 Å². The van der Waals surface area contributed by atoms with Crippen LogP contribution in [0.15, 0.2) is 53.7 Å². The van der Waals surface area contributed by atoms with Gasteiger partial charge in [0.25, 0.3) is 0 Å². The minimum Gasteiger partial charge on any atom is -0.261 e. The first-order valence-electron chi connectivity index (χ1n) is 6.13. The Morgan fingerprint density at radius 1 is 1.12 bits per heavy atom. The number of allylic oxidation sites excluding steroid dienone is 1. The summed E-state index contributed by atoms with van der Waals surface area (Å²) in [4.78, 5) is 4.47. The Balaban J connectivity index is 2.30. The van der Waals surface area contributed by atoms with Gasteiger partial charge in [0, 0.05) is 18.2 Å². The number of fused-ring (bicyclic) bond motifs is 1. The van der Waals surface area contributed by atoms with E-state index in [9.17, 15) is 0 Å². The fraction of sp³-hybridized carbons (Fsp3) is 0.188. The maximum atomic E-state index is 4.47. The van der Waals surface area contributed by atoms with Crippen molar-refractivity contribution in [1.82, 2.24) is 0 Å². The fourth-order valence-corrected chi connectivity index (χ4v) is 2.49. The van der Waals surface area contributed by atoms with Gasteiger partial charge in [-0.15, -0.1) is 0 Å². The molecule has 0 atom stereocenters. The number of aryl methyl sites for hydroxylation is 1. The van der Waals surface area contributed by atoms with Crippen molar-refractivity contribution in [1.29, 1.82) is 0 Å². The molecule has 0 saturated heterocycles. The summed E-state index contributed by atoms with van der Waals surface area (Å²) in [6.45, 7) is 2.21. The zero-order chi connectivity index (χ0) is 11.7. The Morgan fingerprint density at radius 2 is 1.94 bits per heavy atom. The topological polar surface area (TPSA) is 12.4 Å². The molecule has 0 saturated carbocycles. The molecular formula is C16H15N. The second-order valence-corrected chi connectivity index (χ2v) is 4.34. The minimum absolute atomic E-state index is 0.956. The zero-order valence-corrected chi connectivity index (χ0v) is 9.98. The first-order chi connectivity index (χ1) is 8.40. The molecule has 0 radical (unpaired) electrons. The molecule has 1 nitrogen and oxygen atoms in total. The second-order valence-electron chi connectivity index (χ2n) is 4.34. The van der Waals surface area contributed by atoms with Gasteiger partial charge in [-0.3, -0.25) is 4.99 Å². The fourth-order valence-electron chi connectivity index (χ4n) is 2.49. The van der Waals surface area contributed by atoms with Gasteiger partial charge in [-0.25, -0.2) is 0 Å². The predicted molar refractivity (Wildman–Crippen MR) is 73.6 cm³/mol. The number of aliphatic imine (C=N–C) groups is 1. The van der Waals surface area contributed by atoms with E-state index in [0.29, 0.717) is 0 Å². The lowest BCUT2D eigenvalue weighted by molar-refractivity contribution is 1.16. The van der Waals surface area contributed by atoms with Crippen LogP contribution in [0.25, 0.3) is 10.8 Å². The van der Waals surface area contributed by atoms with Gasteiger partial charge < -0.3 is 0 Å². The number of rotatable bonds is 2. The van der Waals surface area contributed by atoms with E-state index in [-0.39, 0.29) is 0 Å². The van der Waals surface area contributed by atoms with Crippen LogP contribution in [0.1, 0.15) is 24.5 Å². The summed E-state index contributed by atoms with van der Waals surface area (Å²) in [5.74, 6) is 0. The molecule has 17 heavy (non-hydrogen) atoms. The summed E-state index contributed by atoms with van der Waals surface area (Å²) < 4.78 is 0. The van der Waals surface area contributed by atoms with Crippen molar-refractivity contribution < 1.29 is 0 Å². The first-order valence-corrected chi connectivity index (χ1v) is 6.13. The molecule has 0 amide bonds. The third-order valence-electron chi connectivity index (χ3n) is 3.33. The summed E-state index contributed by atoms with van der Waals surface area (Å²) in [5.41, 5.74) is 3.90. The molecule has 2 aromatic rings. The van der Waals surface area contributed by atoms with Gasteiger partial charge in [0.15, 0.2) is 0 Å². The van der Waals surface area contributed by atoms with E-state index in [4.69, 9.17) is 0 Å². The number of benzene rings is 2. The van der Waals surface area contributed by atoms with Gasteiger partial charge in [0.1, 0.15) is 0 Å². The molecule has 0 unspecified atom stereocenters. The molecule has 1 heteroatoms. The first kappa shape index (κ1) is 10.3. The standard InChI is InChI=1S/C16H15N/c1-2-12-6-3-7-13-8-4-9-14(16(12)13)15-10-5-11-17-15/h3-9,11H,2,10H2,1H3. The van der Waals surface area contributed by atoms with Crippen molar-refractivity contribution in [2.24, 2.45) is 4.99 Å². The van der Waals surface area contributed by atoms with Gasteiger partial charge in [-0.1, -0.05) is 49.4 Å². The molecule has 3 rings (SSSR count). The van der Waals surface area contributed by atoms with Gasteiger partial charge in [0.05, 0.1) is 5.71 Å². The smallest absolute Gasteiger partial charge is 0.0520 e. The van der Waals surface area contributed by atoms with Crippen molar-refractivity contribution in [3.8, 4) is 0 Å².